The highest BCUT2D eigenvalue weighted by molar-refractivity contribution is 6.32. The van der Waals surface area contributed by atoms with Gasteiger partial charge in [-0.1, -0.05) is 11.6 Å². The van der Waals surface area contributed by atoms with Crippen LogP contribution in [0.1, 0.15) is 24.8 Å². The van der Waals surface area contributed by atoms with Gasteiger partial charge in [0.1, 0.15) is 0 Å². The van der Waals surface area contributed by atoms with Crippen molar-refractivity contribution in [2.24, 2.45) is 0 Å². The molecule has 0 saturated carbocycles. The average molecular weight is 310 g/mol. The fourth-order valence-electron chi connectivity index (χ4n) is 1.62. The number of carboxylic acids is 1. The number of ether oxygens (including phenoxy) is 2. The van der Waals surface area contributed by atoms with Gasteiger partial charge in [-0.15, -0.1) is 0 Å². The van der Waals surface area contributed by atoms with Gasteiger partial charge in [0.25, 0.3) is 0 Å². The monoisotopic (exact) mass is 309 g/mol. The summed E-state index contributed by atoms with van der Waals surface area (Å²) in [6.45, 7) is 0.433. The van der Waals surface area contributed by atoms with Crippen LogP contribution in [0.2, 0.25) is 5.02 Å². The van der Waals surface area contributed by atoms with Crippen molar-refractivity contribution in [2.45, 2.75) is 19.3 Å². The number of methoxy groups -OCH3 is 1. The second kappa shape index (κ2) is 8.88. The van der Waals surface area contributed by atoms with Gasteiger partial charge in [-0.3, -0.25) is 0 Å². The Morgan fingerprint density at radius 2 is 2.24 bits per heavy atom. The maximum absolute atomic E-state index is 10.5. The Hall–Kier alpha value is -2.19. The van der Waals surface area contributed by atoms with Gasteiger partial charge in [-0.25, -0.2) is 4.79 Å². The standard InChI is InChI=1S/C15H16ClNO4/c1-20-13-10-11(5-6-14(18)19)9-12(16)15(13)21-8-4-2-3-7-17/h5-6,9-10H,2-4,8H2,1H3,(H,18,19). The van der Waals surface area contributed by atoms with Gasteiger partial charge in [0, 0.05) is 12.5 Å². The van der Waals surface area contributed by atoms with Gasteiger partial charge in [0.15, 0.2) is 11.5 Å². The molecule has 0 radical (unpaired) electrons. The van der Waals surface area contributed by atoms with Crippen LogP contribution in [-0.2, 0) is 4.79 Å². The van der Waals surface area contributed by atoms with Gasteiger partial charge in [0.05, 0.1) is 24.8 Å². The van der Waals surface area contributed by atoms with Crippen molar-refractivity contribution in [1.29, 1.82) is 5.26 Å². The lowest BCUT2D eigenvalue weighted by Gasteiger charge is -2.13. The average Bonchev–Trinajstić information content (AvgIpc) is 2.46. The molecule has 0 aromatic heterocycles. The van der Waals surface area contributed by atoms with Gasteiger partial charge in [-0.05, 0) is 36.6 Å². The zero-order valence-electron chi connectivity index (χ0n) is 11.6. The largest absolute Gasteiger partial charge is 0.493 e. The molecular weight excluding hydrogens is 294 g/mol. The zero-order valence-corrected chi connectivity index (χ0v) is 12.4. The smallest absolute Gasteiger partial charge is 0.328 e. The molecule has 0 aliphatic rings. The molecule has 0 fully saturated rings. The number of carboxylic acid groups (broad SMARTS) is 1. The Morgan fingerprint density at radius 3 is 2.86 bits per heavy atom. The third-order valence-electron chi connectivity index (χ3n) is 2.60. The first-order chi connectivity index (χ1) is 10.1. The SMILES string of the molecule is COc1cc(C=CC(=O)O)cc(Cl)c1OCCCCC#N. The minimum atomic E-state index is -1.04. The highest BCUT2D eigenvalue weighted by atomic mass is 35.5. The van der Waals surface area contributed by atoms with Gasteiger partial charge >= 0.3 is 5.97 Å². The number of hydrogen-bond acceptors (Lipinski definition) is 4. The first kappa shape index (κ1) is 16.9. The van der Waals surface area contributed by atoms with Crippen molar-refractivity contribution < 1.29 is 19.4 Å². The van der Waals surface area contributed by atoms with Crippen molar-refractivity contribution in [3.63, 3.8) is 0 Å². The van der Waals surface area contributed by atoms with E-state index < -0.39 is 5.97 Å². The highest BCUT2D eigenvalue weighted by Crippen LogP contribution is 2.36. The number of nitriles is 1. The van der Waals surface area contributed by atoms with Crippen LogP contribution in [0, 0.1) is 11.3 Å². The molecule has 5 nitrogen and oxygen atoms in total. The lowest BCUT2D eigenvalue weighted by atomic mass is 10.2. The van der Waals surface area contributed by atoms with E-state index in [2.05, 4.69) is 6.07 Å². The summed E-state index contributed by atoms with van der Waals surface area (Å²) in [6.07, 6.45) is 4.44. The van der Waals surface area contributed by atoms with E-state index in [1.165, 1.54) is 13.2 Å². The van der Waals surface area contributed by atoms with Crippen LogP contribution in [-0.4, -0.2) is 24.8 Å². The molecule has 1 aromatic rings. The van der Waals surface area contributed by atoms with Crippen LogP contribution in [0.15, 0.2) is 18.2 Å². The minimum absolute atomic E-state index is 0.347. The molecule has 112 valence electrons. The number of rotatable bonds is 8. The summed E-state index contributed by atoms with van der Waals surface area (Å²) in [5, 5.41) is 17.4. The molecule has 0 unspecified atom stereocenters. The van der Waals surface area contributed by atoms with Crippen molar-refractivity contribution in [1.82, 2.24) is 0 Å². The van der Waals surface area contributed by atoms with E-state index in [-0.39, 0.29) is 0 Å². The predicted molar refractivity (Wildman–Crippen MR) is 79.6 cm³/mol. The zero-order chi connectivity index (χ0) is 15.7. The molecule has 0 amide bonds. The summed E-state index contributed by atoms with van der Waals surface area (Å²) in [4.78, 5) is 10.5. The van der Waals surface area contributed by atoms with E-state index in [0.29, 0.717) is 35.1 Å². The van der Waals surface area contributed by atoms with E-state index in [9.17, 15) is 4.79 Å². The summed E-state index contributed by atoms with van der Waals surface area (Å²) in [7, 11) is 1.49. The van der Waals surface area contributed by atoms with Gasteiger partial charge in [0.2, 0.25) is 0 Å². The number of carbonyl (C=O) groups is 1. The Bertz CT molecular complexity index is 564. The molecule has 0 saturated heterocycles. The molecular formula is C15H16ClNO4. The van der Waals surface area contributed by atoms with Crippen LogP contribution >= 0.6 is 11.6 Å². The molecule has 1 aromatic carbocycles. The summed E-state index contributed by atoms with van der Waals surface area (Å²) in [5.74, 6) is -0.181. The molecule has 0 aliphatic carbocycles. The fraction of sp³-hybridized carbons (Fsp3) is 0.333. The number of benzene rings is 1. The lowest BCUT2D eigenvalue weighted by Crippen LogP contribution is -2.00. The quantitative estimate of drug-likeness (QED) is 0.587. The number of nitrogens with zero attached hydrogens (tertiary/aromatic N) is 1. The van der Waals surface area contributed by atoms with Crippen molar-refractivity contribution >= 4 is 23.6 Å². The van der Waals surface area contributed by atoms with Crippen LogP contribution in [0.5, 0.6) is 11.5 Å². The molecule has 1 rings (SSSR count). The van der Waals surface area contributed by atoms with Crippen LogP contribution in [0.25, 0.3) is 6.08 Å². The molecule has 21 heavy (non-hydrogen) atoms. The van der Waals surface area contributed by atoms with Gasteiger partial charge < -0.3 is 14.6 Å². The normalized spacial score (nSPS) is 10.3. The first-order valence-corrected chi connectivity index (χ1v) is 6.74. The molecule has 0 bridgehead atoms. The topological polar surface area (TPSA) is 79.6 Å². The second-order valence-corrected chi connectivity index (χ2v) is 4.58. The van der Waals surface area contributed by atoms with Crippen molar-refractivity contribution in [3.8, 4) is 17.6 Å². The predicted octanol–water partition coefficient (Wildman–Crippen LogP) is 3.52. The summed E-state index contributed by atoms with van der Waals surface area (Å²) >= 11 is 6.13. The highest BCUT2D eigenvalue weighted by Gasteiger charge is 2.11. The summed E-state index contributed by atoms with van der Waals surface area (Å²) < 4.78 is 10.8. The van der Waals surface area contributed by atoms with E-state index in [1.54, 1.807) is 12.1 Å². The summed E-state index contributed by atoms with van der Waals surface area (Å²) in [6, 6.07) is 5.32. The molecule has 0 aliphatic heterocycles. The lowest BCUT2D eigenvalue weighted by molar-refractivity contribution is -0.131. The minimum Gasteiger partial charge on any atom is -0.493 e. The third-order valence-corrected chi connectivity index (χ3v) is 2.88. The first-order valence-electron chi connectivity index (χ1n) is 6.36. The third kappa shape index (κ3) is 5.76. The number of unbranched alkanes of at least 4 members (excludes halogenated alkanes) is 2. The Labute approximate surface area is 128 Å². The number of halogens is 1. The number of aliphatic carboxylic acids is 1. The Balaban J connectivity index is 2.80. The number of hydrogen-bond donors (Lipinski definition) is 1. The summed E-state index contributed by atoms with van der Waals surface area (Å²) in [5.41, 5.74) is 0.607. The Morgan fingerprint density at radius 1 is 1.48 bits per heavy atom. The maximum Gasteiger partial charge on any atom is 0.328 e. The molecule has 0 atom stereocenters. The Kier molecular flexibility index (Phi) is 7.13. The van der Waals surface area contributed by atoms with Crippen molar-refractivity contribution in [3.05, 3.63) is 28.8 Å². The van der Waals surface area contributed by atoms with Crippen molar-refractivity contribution in [2.75, 3.05) is 13.7 Å². The van der Waals surface area contributed by atoms with E-state index in [1.807, 2.05) is 0 Å². The van der Waals surface area contributed by atoms with E-state index >= 15 is 0 Å². The molecule has 0 spiro atoms. The maximum atomic E-state index is 10.5. The second-order valence-electron chi connectivity index (χ2n) is 4.17. The molecule has 0 heterocycles. The molecule has 6 heteroatoms. The van der Waals surface area contributed by atoms with Crippen LogP contribution < -0.4 is 9.47 Å². The van der Waals surface area contributed by atoms with Crippen LogP contribution in [0.4, 0.5) is 0 Å². The fourth-order valence-corrected chi connectivity index (χ4v) is 1.90. The van der Waals surface area contributed by atoms with E-state index in [0.717, 1.165) is 18.9 Å². The molecule has 1 N–H and O–H groups in total. The van der Waals surface area contributed by atoms with Crippen LogP contribution in [0.3, 0.4) is 0 Å². The van der Waals surface area contributed by atoms with E-state index in [4.69, 9.17) is 31.4 Å². The van der Waals surface area contributed by atoms with Gasteiger partial charge in [-0.2, -0.15) is 5.26 Å².